The summed E-state index contributed by atoms with van der Waals surface area (Å²) >= 11 is 0. The highest BCUT2D eigenvalue weighted by Gasteiger charge is 2.35. The summed E-state index contributed by atoms with van der Waals surface area (Å²) in [7, 11) is -1.53. The fraction of sp³-hybridized carbons (Fsp3) is 0.345. The molecule has 3 heterocycles. The van der Waals surface area contributed by atoms with Crippen molar-refractivity contribution >= 4 is 34.3 Å². The Kier molecular flexibility index (Phi) is 8.54. The van der Waals surface area contributed by atoms with Crippen molar-refractivity contribution in [3.63, 3.8) is 0 Å². The van der Waals surface area contributed by atoms with Gasteiger partial charge in [-0.1, -0.05) is 42.5 Å². The van der Waals surface area contributed by atoms with E-state index in [1.54, 1.807) is 23.1 Å². The van der Waals surface area contributed by atoms with Gasteiger partial charge in [-0.3, -0.25) is 9.00 Å². The molecule has 2 aromatic carbocycles. The van der Waals surface area contributed by atoms with Crippen molar-refractivity contribution in [2.24, 2.45) is 0 Å². The summed E-state index contributed by atoms with van der Waals surface area (Å²) in [4.78, 5) is 40.1. The molecule has 5 rings (SSSR count). The molecule has 0 N–H and O–H groups in total. The number of carbonyl (C=O) groups is 2. The van der Waals surface area contributed by atoms with Crippen LogP contribution in [0.5, 0.6) is 0 Å². The Morgan fingerprint density at radius 1 is 1.12 bits per heavy atom. The molecule has 12 heteroatoms. The van der Waals surface area contributed by atoms with Crippen LogP contribution in [-0.4, -0.2) is 63.0 Å². The van der Waals surface area contributed by atoms with Gasteiger partial charge < -0.3 is 19.4 Å². The number of carbonyl (C=O) groups excluding carboxylic acids is 2. The number of fused-ring (bicyclic) bond motifs is 1. The van der Waals surface area contributed by atoms with Crippen molar-refractivity contribution in [2.75, 3.05) is 35.7 Å². The van der Waals surface area contributed by atoms with Gasteiger partial charge in [0.25, 0.3) is 0 Å². The van der Waals surface area contributed by atoms with Crippen LogP contribution in [0.3, 0.4) is 0 Å². The second-order valence-electron chi connectivity index (χ2n) is 9.84. The summed E-state index contributed by atoms with van der Waals surface area (Å²) < 4.78 is 32.7. The van der Waals surface area contributed by atoms with E-state index in [9.17, 15) is 23.5 Å². The molecule has 3 aromatic rings. The van der Waals surface area contributed by atoms with Crippen molar-refractivity contribution in [3.8, 4) is 6.07 Å². The number of nitriles is 1. The molecule has 2 atom stereocenters. The number of para-hydroxylation sites is 1. The van der Waals surface area contributed by atoms with Gasteiger partial charge in [-0.15, -0.1) is 0 Å². The first-order valence-electron chi connectivity index (χ1n) is 13.2. The van der Waals surface area contributed by atoms with Crippen LogP contribution in [0.25, 0.3) is 0 Å². The Bertz CT molecular complexity index is 1510. The number of rotatable bonds is 6. The largest absolute Gasteiger partial charge is 0.445 e. The number of hydrogen-bond donors (Lipinski definition) is 0. The number of ether oxygens (including phenoxy) is 1. The summed E-state index contributed by atoms with van der Waals surface area (Å²) in [6, 6.07) is 17.1. The fourth-order valence-electron chi connectivity index (χ4n) is 5.14. The molecule has 10 nitrogen and oxygen atoms in total. The maximum Gasteiger partial charge on any atom is 0.410 e. The first-order valence-corrected chi connectivity index (χ1v) is 14.8. The van der Waals surface area contributed by atoms with E-state index in [2.05, 4.69) is 16.0 Å². The highest BCUT2D eigenvalue weighted by Crippen LogP contribution is 2.32. The molecular weight excluding hydrogens is 547 g/mol. The molecule has 1 aromatic heterocycles. The van der Waals surface area contributed by atoms with Crippen LogP contribution in [0.2, 0.25) is 0 Å². The molecular formula is C29H29FN6O4S. The lowest BCUT2D eigenvalue weighted by Gasteiger charge is -2.41. The molecule has 2 aliphatic rings. The molecule has 212 valence electrons. The van der Waals surface area contributed by atoms with E-state index in [4.69, 9.17) is 4.74 Å². The van der Waals surface area contributed by atoms with Crippen molar-refractivity contribution in [1.82, 2.24) is 14.9 Å². The van der Waals surface area contributed by atoms with Crippen LogP contribution in [0.15, 0.2) is 59.8 Å². The van der Waals surface area contributed by atoms with Gasteiger partial charge in [-0.05, 0) is 24.1 Å². The number of aromatic nitrogens is 2. The first kappa shape index (κ1) is 28.2. The van der Waals surface area contributed by atoms with Crippen LogP contribution in [-0.2, 0) is 39.9 Å². The minimum Gasteiger partial charge on any atom is -0.445 e. The second-order valence-corrected chi connectivity index (χ2v) is 11.1. The first-order chi connectivity index (χ1) is 19.9. The average molecular weight is 577 g/mol. The third-order valence-corrected chi connectivity index (χ3v) is 7.89. The van der Waals surface area contributed by atoms with Gasteiger partial charge in [0.15, 0.2) is 0 Å². The molecule has 0 aliphatic carbocycles. The minimum atomic E-state index is -1.53. The highest BCUT2D eigenvalue weighted by molar-refractivity contribution is 7.84. The summed E-state index contributed by atoms with van der Waals surface area (Å²) in [6.07, 6.45) is 1.47. The van der Waals surface area contributed by atoms with E-state index < -0.39 is 28.8 Å². The van der Waals surface area contributed by atoms with E-state index >= 15 is 0 Å². The predicted octanol–water partition coefficient (Wildman–Crippen LogP) is 3.57. The molecule has 0 spiro atoms. The number of anilines is 2. The zero-order chi connectivity index (χ0) is 28.9. The maximum absolute atomic E-state index is 14.7. The molecule has 1 saturated heterocycles. The maximum atomic E-state index is 14.7. The third kappa shape index (κ3) is 6.20. The van der Waals surface area contributed by atoms with E-state index in [0.717, 1.165) is 5.56 Å². The number of piperazine rings is 1. The summed E-state index contributed by atoms with van der Waals surface area (Å²) in [5, 5.41) is 9.63. The predicted molar refractivity (Wildman–Crippen MR) is 150 cm³/mol. The highest BCUT2D eigenvalue weighted by atomic mass is 32.2. The number of nitrogens with zero attached hydrogens (tertiary/aromatic N) is 6. The van der Waals surface area contributed by atoms with E-state index in [-0.39, 0.29) is 55.8 Å². The van der Waals surface area contributed by atoms with Crippen LogP contribution in [0, 0.1) is 17.1 Å². The quantitative estimate of drug-likeness (QED) is 0.409. The van der Waals surface area contributed by atoms with Gasteiger partial charge in [-0.25, -0.2) is 19.2 Å². The van der Waals surface area contributed by atoms with Gasteiger partial charge in [-0.2, -0.15) is 5.26 Å². The topological polar surface area (TPSA) is 120 Å². The van der Waals surface area contributed by atoms with Crippen molar-refractivity contribution in [1.29, 1.82) is 5.26 Å². The third-order valence-electron chi connectivity index (χ3n) is 7.20. The molecule has 2 amide bonds. The fourth-order valence-corrected chi connectivity index (χ4v) is 5.59. The van der Waals surface area contributed by atoms with Crippen LogP contribution in [0.1, 0.15) is 29.7 Å². The van der Waals surface area contributed by atoms with E-state index in [0.29, 0.717) is 30.0 Å². The van der Waals surface area contributed by atoms with Crippen molar-refractivity contribution in [2.45, 2.75) is 43.6 Å². The van der Waals surface area contributed by atoms with E-state index in [1.165, 1.54) is 17.2 Å². The zero-order valence-electron chi connectivity index (χ0n) is 22.5. The SMILES string of the molecule is CS(=O)c1nc2c(c(N3CCN(C(=O)OCc4ccccc4)[C@@H](CC#N)C3)n1)CCC(=O)N(c1ccccc1F)C2. The van der Waals surface area contributed by atoms with Crippen molar-refractivity contribution in [3.05, 3.63) is 77.2 Å². The Morgan fingerprint density at radius 3 is 2.61 bits per heavy atom. The minimum absolute atomic E-state index is 0.00220. The lowest BCUT2D eigenvalue weighted by Crippen LogP contribution is -2.55. The molecule has 41 heavy (non-hydrogen) atoms. The normalized spacial score (nSPS) is 17.8. The number of halogens is 1. The number of hydrogen-bond acceptors (Lipinski definition) is 8. The Labute approximate surface area is 239 Å². The monoisotopic (exact) mass is 576 g/mol. The molecule has 2 aliphatic heterocycles. The molecule has 0 bridgehead atoms. The summed E-state index contributed by atoms with van der Waals surface area (Å²) in [5.41, 5.74) is 2.22. The average Bonchev–Trinajstić information content (AvgIpc) is 3.15. The van der Waals surface area contributed by atoms with Gasteiger partial charge in [0.05, 0.1) is 47.3 Å². The molecule has 0 saturated carbocycles. The van der Waals surface area contributed by atoms with Gasteiger partial charge >= 0.3 is 6.09 Å². The van der Waals surface area contributed by atoms with Crippen LogP contribution < -0.4 is 9.80 Å². The Morgan fingerprint density at radius 2 is 1.88 bits per heavy atom. The Hall–Kier alpha value is -4.37. The molecule has 1 unspecified atom stereocenters. The van der Waals surface area contributed by atoms with Gasteiger partial charge in [0.1, 0.15) is 18.2 Å². The van der Waals surface area contributed by atoms with E-state index in [1.807, 2.05) is 35.2 Å². The Balaban J connectivity index is 1.42. The van der Waals surface area contributed by atoms with Gasteiger partial charge in [0.2, 0.25) is 11.1 Å². The summed E-state index contributed by atoms with van der Waals surface area (Å²) in [5.74, 6) is -0.261. The molecule has 0 radical (unpaired) electrons. The number of amides is 2. The second kappa shape index (κ2) is 12.4. The lowest BCUT2D eigenvalue weighted by atomic mass is 10.1. The van der Waals surface area contributed by atoms with Crippen LogP contribution >= 0.6 is 0 Å². The summed E-state index contributed by atoms with van der Waals surface area (Å²) in [6.45, 7) is 1.08. The smallest absolute Gasteiger partial charge is 0.410 e. The lowest BCUT2D eigenvalue weighted by molar-refractivity contribution is -0.118. The number of benzene rings is 2. The zero-order valence-corrected chi connectivity index (χ0v) is 23.3. The van der Waals surface area contributed by atoms with Crippen LogP contribution in [0.4, 0.5) is 20.7 Å². The van der Waals surface area contributed by atoms with Gasteiger partial charge in [0, 0.05) is 37.9 Å². The standard InChI is InChI=1S/C29H29FN6O4S/c1-41(39)28-32-24-18-36(25-10-6-5-9-23(25)30)26(37)12-11-22(24)27(33-28)34-15-16-35(21(17-34)13-14-31)29(38)40-19-20-7-3-2-4-8-20/h2-10,21H,11-13,15-19H2,1H3/t21-,41?/m0/s1. The van der Waals surface area contributed by atoms with Crippen molar-refractivity contribution < 1.29 is 22.9 Å². The molecule has 1 fully saturated rings.